The van der Waals surface area contributed by atoms with Crippen molar-refractivity contribution in [2.24, 2.45) is 5.84 Å². The van der Waals surface area contributed by atoms with Crippen LogP contribution in [0.1, 0.15) is 0 Å². The van der Waals surface area contributed by atoms with Gasteiger partial charge >= 0.3 is 0 Å². The summed E-state index contributed by atoms with van der Waals surface area (Å²) in [6.45, 7) is 0. The van der Waals surface area contributed by atoms with Crippen LogP contribution in [-0.2, 0) is 0 Å². The Morgan fingerprint density at radius 2 is 2.08 bits per heavy atom. The van der Waals surface area contributed by atoms with Crippen LogP contribution < -0.4 is 11.3 Å². The fourth-order valence-electron chi connectivity index (χ4n) is 1.26. The molecule has 0 bridgehead atoms. The largest absolute Gasteiger partial charge is 0.323 e. The second-order valence-corrected chi connectivity index (χ2v) is 2.65. The molecule has 2 aromatic rings. The number of rotatable bonds is 1. The number of fused-ring (bicyclic) bond motifs is 1. The Morgan fingerprint density at radius 3 is 2.85 bits per heavy atom. The third-order valence-electron chi connectivity index (χ3n) is 1.84. The van der Waals surface area contributed by atoms with Crippen molar-refractivity contribution in [2.45, 2.75) is 0 Å². The molecule has 0 radical (unpaired) electrons. The van der Waals surface area contributed by atoms with E-state index in [0.717, 1.165) is 5.39 Å². The van der Waals surface area contributed by atoms with Gasteiger partial charge in [0.25, 0.3) is 0 Å². The fraction of sp³-hybridized carbons (Fsp3) is 0. The molecule has 0 atom stereocenters. The standard InChI is InChI=1S/C9H8FN3/c10-9-5-8(13-11)6-3-1-2-4-7(6)12-9/h1-5H,11H2,(H,12,13). The monoisotopic (exact) mass is 177 g/mol. The lowest BCUT2D eigenvalue weighted by Crippen LogP contribution is -2.07. The lowest BCUT2D eigenvalue weighted by molar-refractivity contribution is 0.589. The Kier molecular flexibility index (Phi) is 1.83. The summed E-state index contributed by atoms with van der Waals surface area (Å²) < 4.78 is 12.9. The molecule has 0 aliphatic carbocycles. The third kappa shape index (κ3) is 1.31. The van der Waals surface area contributed by atoms with Gasteiger partial charge in [0, 0.05) is 11.5 Å². The number of anilines is 1. The number of pyridine rings is 1. The van der Waals surface area contributed by atoms with Gasteiger partial charge in [-0.2, -0.15) is 4.39 Å². The summed E-state index contributed by atoms with van der Waals surface area (Å²) in [6, 6.07) is 8.48. The quantitative estimate of drug-likeness (QED) is 0.395. The van der Waals surface area contributed by atoms with E-state index in [1.165, 1.54) is 6.07 Å². The first-order valence-corrected chi connectivity index (χ1v) is 3.83. The van der Waals surface area contributed by atoms with E-state index in [1.54, 1.807) is 12.1 Å². The second-order valence-electron chi connectivity index (χ2n) is 2.65. The van der Waals surface area contributed by atoms with E-state index in [0.29, 0.717) is 11.2 Å². The summed E-state index contributed by atoms with van der Waals surface area (Å²) in [5, 5.41) is 0.811. The molecule has 0 amide bonds. The van der Waals surface area contributed by atoms with Gasteiger partial charge in [0.2, 0.25) is 5.95 Å². The van der Waals surface area contributed by atoms with Crippen LogP contribution in [-0.4, -0.2) is 4.98 Å². The Morgan fingerprint density at radius 1 is 1.31 bits per heavy atom. The van der Waals surface area contributed by atoms with E-state index in [-0.39, 0.29) is 0 Å². The zero-order valence-electron chi connectivity index (χ0n) is 6.79. The van der Waals surface area contributed by atoms with Gasteiger partial charge in [0.1, 0.15) is 0 Å². The number of nitrogen functional groups attached to an aromatic ring is 1. The fourth-order valence-corrected chi connectivity index (χ4v) is 1.26. The number of nitrogens with two attached hydrogens (primary N) is 1. The first-order chi connectivity index (χ1) is 6.31. The molecule has 3 N–H and O–H groups in total. The minimum atomic E-state index is -0.536. The van der Waals surface area contributed by atoms with Gasteiger partial charge in [-0.1, -0.05) is 18.2 Å². The minimum absolute atomic E-state index is 0.536. The van der Waals surface area contributed by atoms with Crippen molar-refractivity contribution in [3.05, 3.63) is 36.3 Å². The van der Waals surface area contributed by atoms with E-state index >= 15 is 0 Å². The molecule has 4 heteroatoms. The predicted octanol–water partition coefficient (Wildman–Crippen LogP) is 1.66. The number of aromatic nitrogens is 1. The molecular formula is C9H8FN3. The molecular weight excluding hydrogens is 169 g/mol. The summed E-state index contributed by atoms with van der Waals surface area (Å²) in [6.07, 6.45) is 0. The Balaban J connectivity index is 2.81. The van der Waals surface area contributed by atoms with Crippen molar-refractivity contribution >= 4 is 16.6 Å². The maximum atomic E-state index is 12.9. The van der Waals surface area contributed by atoms with Gasteiger partial charge in [-0.3, -0.25) is 5.84 Å². The normalized spacial score (nSPS) is 10.3. The summed E-state index contributed by atoms with van der Waals surface area (Å²) in [5.41, 5.74) is 3.57. The van der Waals surface area contributed by atoms with Crippen LogP contribution in [0.4, 0.5) is 10.1 Å². The second kappa shape index (κ2) is 2.99. The van der Waals surface area contributed by atoms with E-state index in [4.69, 9.17) is 5.84 Å². The van der Waals surface area contributed by atoms with Crippen LogP contribution >= 0.6 is 0 Å². The maximum Gasteiger partial charge on any atom is 0.215 e. The van der Waals surface area contributed by atoms with E-state index < -0.39 is 5.95 Å². The molecule has 0 unspecified atom stereocenters. The Hall–Kier alpha value is -1.68. The predicted molar refractivity (Wildman–Crippen MR) is 49.5 cm³/mol. The van der Waals surface area contributed by atoms with Crippen molar-refractivity contribution in [1.29, 1.82) is 0 Å². The number of halogens is 1. The summed E-state index contributed by atoms with van der Waals surface area (Å²) in [7, 11) is 0. The van der Waals surface area contributed by atoms with Gasteiger partial charge in [-0.05, 0) is 6.07 Å². The van der Waals surface area contributed by atoms with Gasteiger partial charge < -0.3 is 5.43 Å². The van der Waals surface area contributed by atoms with Crippen LogP contribution in [0, 0.1) is 5.95 Å². The SMILES string of the molecule is NNc1cc(F)nc2ccccc12. The zero-order chi connectivity index (χ0) is 9.26. The highest BCUT2D eigenvalue weighted by Gasteiger charge is 2.02. The molecule has 66 valence electrons. The first-order valence-electron chi connectivity index (χ1n) is 3.83. The molecule has 0 saturated heterocycles. The highest BCUT2D eigenvalue weighted by atomic mass is 19.1. The number of hydrogen-bond acceptors (Lipinski definition) is 3. The average Bonchev–Trinajstić information content (AvgIpc) is 2.16. The summed E-state index contributed by atoms with van der Waals surface area (Å²) >= 11 is 0. The molecule has 0 spiro atoms. The molecule has 0 aliphatic heterocycles. The van der Waals surface area contributed by atoms with Crippen LogP contribution in [0.3, 0.4) is 0 Å². The summed E-state index contributed by atoms with van der Waals surface area (Å²) in [5.74, 6) is 4.70. The van der Waals surface area contributed by atoms with Gasteiger partial charge in [-0.15, -0.1) is 0 Å². The third-order valence-corrected chi connectivity index (χ3v) is 1.84. The van der Waals surface area contributed by atoms with Crippen LogP contribution in [0.15, 0.2) is 30.3 Å². The molecule has 1 aromatic heterocycles. The van der Waals surface area contributed by atoms with Gasteiger partial charge in [-0.25, -0.2) is 4.98 Å². The topological polar surface area (TPSA) is 50.9 Å². The highest BCUT2D eigenvalue weighted by Crippen LogP contribution is 2.21. The zero-order valence-corrected chi connectivity index (χ0v) is 6.79. The molecule has 0 aliphatic rings. The first kappa shape index (κ1) is 7.94. The van der Waals surface area contributed by atoms with Crippen LogP contribution in [0.25, 0.3) is 10.9 Å². The van der Waals surface area contributed by atoms with Crippen molar-refractivity contribution < 1.29 is 4.39 Å². The van der Waals surface area contributed by atoms with E-state index in [9.17, 15) is 4.39 Å². The van der Waals surface area contributed by atoms with Crippen molar-refractivity contribution in [1.82, 2.24) is 4.98 Å². The highest BCUT2D eigenvalue weighted by molar-refractivity contribution is 5.90. The number of hydrazine groups is 1. The van der Waals surface area contributed by atoms with E-state index in [1.807, 2.05) is 12.1 Å². The van der Waals surface area contributed by atoms with Crippen molar-refractivity contribution in [2.75, 3.05) is 5.43 Å². The lowest BCUT2D eigenvalue weighted by atomic mass is 10.2. The Labute approximate surface area is 74.4 Å². The van der Waals surface area contributed by atoms with E-state index in [2.05, 4.69) is 10.4 Å². The maximum absolute atomic E-state index is 12.9. The molecule has 1 aromatic carbocycles. The van der Waals surface area contributed by atoms with Crippen molar-refractivity contribution in [3.8, 4) is 0 Å². The lowest BCUT2D eigenvalue weighted by Gasteiger charge is -2.04. The smallest absolute Gasteiger partial charge is 0.215 e. The molecule has 0 saturated carbocycles. The van der Waals surface area contributed by atoms with Gasteiger partial charge in [0.15, 0.2) is 0 Å². The number of para-hydroxylation sites is 1. The number of nitrogens with one attached hydrogen (secondary N) is 1. The molecule has 3 nitrogen and oxygen atoms in total. The molecule has 0 fully saturated rings. The molecule has 2 rings (SSSR count). The van der Waals surface area contributed by atoms with Gasteiger partial charge in [0.05, 0.1) is 11.2 Å². The van der Waals surface area contributed by atoms with Crippen LogP contribution in [0.2, 0.25) is 0 Å². The minimum Gasteiger partial charge on any atom is -0.323 e. The number of nitrogens with zero attached hydrogens (tertiary/aromatic N) is 1. The molecule has 1 heterocycles. The summed E-state index contributed by atoms with van der Waals surface area (Å²) in [4.78, 5) is 3.72. The van der Waals surface area contributed by atoms with Crippen molar-refractivity contribution in [3.63, 3.8) is 0 Å². The average molecular weight is 177 g/mol. The Bertz CT molecular complexity index is 442. The van der Waals surface area contributed by atoms with Crippen LogP contribution in [0.5, 0.6) is 0 Å². The number of benzene rings is 1. The molecule has 13 heavy (non-hydrogen) atoms. The number of hydrogen-bond donors (Lipinski definition) is 2.